The summed E-state index contributed by atoms with van der Waals surface area (Å²) < 4.78 is 0. The highest BCUT2D eigenvalue weighted by Gasteiger charge is 2.20. The molecule has 2 atom stereocenters. The minimum atomic E-state index is -0.389. The van der Waals surface area contributed by atoms with E-state index in [0.717, 1.165) is 45.4 Å². The molecular weight excluding hydrogens is 324 g/mol. The summed E-state index contributed by atoms with van der Waals surface area (Å²) in [6.07, 6.45) is 10.6. The van der Waals surface area contributed by atoms with Gasteiger partial charge in [-0.3, -0.25) is 4.98 Å². The maximum Gasteiger partial charge on any atom is 0.133 e. The SMILES string of the molecule is C=CNc1ncc2cc(C3=CNC(C(O)CC)C=C3C)ncc2c1CC. The third-order valence-corrected chi connectivity index (χ3v) is 4.86. The highest BCUT2D eigenvalue weighted by Crippen LogP contribution is 2.29. The van der Waals surface area contributed by atoms with Gasteiger partial charge in [-0.2, -0.15) is 0 Å². The Morgan fingerprint density at radius 2 is 2.15 bits per heavy atom. The highest BCUT2D eigenvalue weighted by atomic mass is 16.3. The summed E-state index contributed by atoms with van der Waals surface area (Å²) >= 11 is 0. The molecule has 1 aliphatic rings. The number of anilines is 1. The fourth-order valence-corrected chi connectivity index (χ4v) is 3.35. The van der Waals surface area contributed by atoms with Gasteiger partial charge in [0, 0.05) is 40.5 Å². The van der Waals surface area contributed by atoms with Crippen LogP contribution in [0.5, 0.6) is 0 Å². The zero-order valence-electron chi connectivity index (χ0n) is 15.6. The van der Waals surface area contributed by atoms with Crippen LogP contribution >= 0.6 is 0 Å². The molecule has 136 valence electrons. The van der Waals surface area contributed by atoms with Crippen LogP contribution in [0.15, 0.2) is 49.1 Å². The number of rotatable bonds is 6. The minimum Gasteiger partial charge on any atom is -0.391 e. The fourth-order valence-electron chi connectivity index (χ4n) is 3.35. The number of nitrogens with one attached hydrogen (secondary N) is 2. The first-order chi connectivity index (χ1) is 12.6. The van der Waals surface area contributed by atoms with E-state index in [-0.39, 0.29) is 12.1 Å². The van der Waals surface area contributed by atoms with E-state index in [9.17, 15) is 5.11 Å². The van der Waals surface area contributed by atoms with E-state index in [1.165, 1.54) is 0 Å². The third kappa shape index (κ3) is 3.35. The first kappa shape index (κ1) is 18.1. The number of aryl methyl sites for hydroxylation is 1. The zero-order valence-corrected chi connectivity index (χ0v) is 15.6. The van der Waals surface area contributed by atoms with Crippen molar-refractivity contribution in [2.45, 2.75) is 45.8 Å². The first-order valence-electron chi connectivity index (χ1n) is 9.07. The Morgan fingerprint density at radius 1 is 1.35 bits per heavy atom. The number of aliphatic hydroxyl groups excluding tert-OH is 1. The van der Waals surface area contributed by atoms with Gasteiger partial charge in [-0.1, -0.05) is 26.5 Å². The van der Waals surface area contributed by atoms with Crippen LogP contribution in [0.3, 0.4) is 0 Å². The standard InChI is InChI=1S/C21H26N4O/c1-5-15-17-12-23-18(9-14(17)10-25-21(15)22-7-3)16-11-24-19(8-13(16)4)20(26)6-2/h7-12,19-20,24,26H,3,5-6H2,1-2,4H3,(H,22,25). The molecule has 3 N–H and O–H groups in total. The molecule has 2 aromatic rings. The van der Waals surface area contributed by atoms with E-state index in [0.29, 0.717) is 6.42 Å². The Hall–Kier alpha value is -2.66. The number of pyridine rings is 2. The molecule has 26 heavy (non-hydrogen) atoms. The van der Waals surface area contributed by atoms with Crippen molar-refractivity contribution in [3.05, 3.63) is 60.3 Å². The molecule has 3 rings (SSSR count). The Morgan fingerprint density at radius 3 is 2.81 bits per heavy atom. The third-order valence-electron chi connectivity index (χ3n) is 4.86. The molecule has 0 saturated heterocycles. The van der Waals surface area contributed by atoms with E-state index in [1.54, 1.807) is 6.20 Å². The van der Waals surface area contributed by atoms with Crippen molar-refractivity contribution in [2.24, 2.45) is 0 Å². The summed E-state index contributed by atoms with van der Waals surface area (Å²) in [6.45, 7) is 9.86. The van der Waals surface area contributed by atoms with E-state index in [2.05, 4.69) is 53.2 Å². The average molecular weight is 350 g/mol. The van der Waals surface area contributed by atoms with Crippen molar-refractivity contribution in [1.29, 1.82) is 0 Å². The van der Waals surface area contributed by atoms with Crippen molar-refractivity contribution in [2.75, 3.05) is 5.32 Å². The molecular formula is C21H26N4O. The van der Waals surface area contributed by atoms with Crippen LogP contribution in [0.25, 0.3) is 16.3 Å². The number of aromatic nitrogens is 2. The monoisotopic (exact) mass is 350 g/mol. The molecule has 0 aliphatic carbocycles. The van der Waals surface area contributed by atoms with Crippen LogP contribution in [0.4, 0.5) is 5.82 Å². The minimum absolute atomic E-state index is 0.0508. The van der Waals surface area contributed by atoms with Crippen molar-refractivity contribution in [3.63, 3.8) is 0 Å². The fraction of sp³-hybridized carbons (Fsp3) is 0.333. The largest absolute Gasteiger partial charge is 0.391 e. The van der Waals surface area contributed by atoms with Gasteiger partial charge in [-0.15, -0.1) is 0 Å². The lowest BCUT2D eigenvalue weighted by atomic mass is 9.95. The maximum absolute atomic E-state index is 10.1. The van der Waals surface area contributed by atoms with Crippen LogP contribution in [0.2, 0.25) is 0 Å². The molecule has 5 heteroatoms. The van der Waals surface area contributed by atoms with Crippen molar-refractivity contribution in [1.82, 2.24) is 15.3 Å². The predicted molar refractivity (Wildman–Crippen MR) is 108 cm³/mol. The smallest absolute Gasteiger partial charge is 0.133 e. The van der Waals surface area contributed by atoms with Gasteiger partial charge in [-0.25, -0.2) is 4.98 Å². The lowest BCUT2D eigenvalue weighted by Gasteiger charge is -2.25. The van der Waals surface area contributed by atoms with Crippen LogP contribution in [0.1, 0.15) is 38.4 Å². The quantitative estimate of drug-likeness (QED) is 0.740. The number of hydrogen-bond acceptors (Lipinski definition) is 5. The van der Waals surface area contributed by atoms with E-state index in [1.807, 2.05) is 25.5 Å². The second-order valence-corrected chi connectivity index (χ2v) is 6.52. The molecule has 0 radical (unpaired) electrons. The summed E-state index contributed by atoms with van der Waals surface area (Å²) in [6, 6.07) is 2.02. The Kier molecular flexibility index (Phi) is 5.38. The van der Waals surface area contributed by atoms with Gasteiger partial charge in [0.05, 0.1) is 17.8 Å². The molecule has 0 amide bonds. The van der Waals surface area contributed by atoms with Crippen molar-refractivity contribution < 1.29 is 5.11 Å². The van der Waals surface area contributed by atoms with Gasteiger partial charge in [0.1, 0.15) is 5.82 Å². The number of allylic oxidation sites excluding steroid dienone is 2. The second-order valence-electron chi connectivity index (χ2n) is 6.52. The molecule has 0 saturated carbocycles. The zero-order chi connectivity index (χ0) is 18.7. The first-order valence-corrected chi connectivity index (χ1v) is 9.07. The summed E-state index contributed by atoms with van der Waals surface area (Å²) in [7, 11) is 0. The highest BCUT2D eigenvalue weighted by molar-refractivity contribution is 5.91. The van der Waals surface area contributed by atoms with Crippen molar-refractivity contribution in [3.8, 4) is 0 Å². The molecule has 0 aromatic carbocycles. The molecule has 0 spiro atoms. The number of dihydropyridines is 1. The van der Waals surface area contributed by atoms with Crippen LogP contribution < -0.4 is 10.6 Å². The summed E-state index contributed by atoms with van der Waals surface area (Å²) in [4.78, 5) is 9.21. The number of nitrogens with zero attached hydrogens (tertiary/aromatic N) is 2. The normalized spacial score (nSPS) is 17.9. The Balaban J connectivity index is 1.98. The summed E-state index contributed by atoms with van der Waals surface area (Å²) in [5, 5.41) is 18.6. The second kappa shape index (κ2) is 7.70. The molecule has 5 nitrogen and oxygen atoms in total. The summed E-state index contributed by atoms with van der Waals surface area (Å²) in [5.41, 5.74) is 4.19. The van der Waals surface area contributed by atoms with Crippen molar-refractivity contribution >= 4 is 22.2 Å². The maximum atomic E-state index is 10.1. The van der Waals surface area contributed by atoms with Crippen LogP contribution in [-0.4, -0.2) is 27.2 Å². The molecule has 3 heterocycles. The van der Waals surface area contributed by atoms with E-state index in [4.69, 9.17) is 0 Å². The van der Waals surface area contributed by atoms with Gasteiger partial charge in [0.25, 0.3) is 0 Å². The Bertz CT molecular complexity index is 885. The van der Waals surface area contributed by atoms with Gasteiger partial charge >= 0.3 is 0 Å². The van der Waals surface area contributed by atoms with Gasteiger partial charge in [-0.05, 0) is 37.6 Å². The summed E-state index contributed by atoms with van der Waals surface area (Å²) in [5.74, 6) is 0.829. The Labute approximate surface area is 154 Å². The number of aliphatic hydroxyl groups is 1. The molecule has 2 aromatic heterocycles. The van der Waals surface area contributed by atoms with Crippen LogP contribution in [-0.2, 0) is 6.42 Å². The van der Waals surface area contributed by atoms with Gasteiger partial charge in [0.15, 0.2) is 0 Å². The van der Waals surface area contributed by atoms with Gasteiger partial charge < -0.3 is 15.7 Å². The van der Waals surface area contributed by atoms with E-state index < -0.39 is 0 Å². The lowest BCUT2D eigenvalue weighted by Crippen LogP contribution is -2.37. The van der Waals surface area contributed by atoms with Crippen LogP contribution in [0, 0.1) is 0 Å². The van der Waals surface area contributed by atoms with E-state index >= 15 is 0 Å². The molecule has 0 bridgehead atoms. The predicted octanol–water partition coefficient (Wildman–Crippen LogP) is 3.78. The average Bonchev–Trinajstić information content (AvgIpc) is 2.67. The number of fused-ring (bicyclic) bond motifs is 1. The molecule has 1 aliphatic heterocycles. The topological polar surface area (TPSA) is 70.1 Å². The number of hydrogen-bond donors (Lipinski definition) is 3. The lowest BCUT2D eigenvalue weighted by molar-refractivity contribution is 0.146. The molecule has 0 fully saturated rings. The van der Waals surface area contributed by atoms with Gasteiger partial charge in [0.2, 0.25) is 0 Å². The molecule has 2 unspecified atom stereocenters.